The summed E-state index contributed by atoms with van der Waals surface area (Å²) in [7, 11) is 1.75. The minimum Gasteiger partial charge on any atom is -0.409 e. The molecule has 0 saturated heterocycles. The molecule has 1 saturated carbocycles. The minimum atomic E-state index is -0.258. The van der Waals surface area contributed by atoms with Gasteiger partial charge in [-0.1, -0.05) is 19.0 Å². The van der Waals surface area contributed by atoms with Crippen molar-refractivity contribution >= 4 is 5.84 Å². The number of nitrogens with two attached hydrogens (primary N) is 1. The van der Waals surface area contributed by atoms with Crippen LogP contribution in [0.2, 0.25) is 0 Å². The normalized spacial score (nSPS) is 26.6. The monoisotopic (exact) mass is 229 g/mol. The molecule has 0 amide bonds. The van der Waals surface area contributed by atoms with Crippen LogP contribution in [0.25, 0.3) is 0 Å². The molecule has 4 N–H and O–H groups in total. The molecule has 0 heterocycles. The lowest BCUT2D eigenvalue weighted by Crippen LogP contribution is -2.46. The molecule has 0 atom stereocenters. The Balaban J connectivity index is 2.16. The molecule has 5 nitrogen and oxygen atoms in total. The molecule has 1 rings (SSSR count). The summed E-state index contributed by atoms with van der Waals surface area (Å²) < 4.78 is 5.21. The van der Waals surface area contributed by atoms with Crippen LogP contribution in [0.15, 0.2) is 5.16 Å². The van der Waals surface area contributed by atoms with E-state index >= 15 is 0 Å². The highest BCUT2D eigenvalue weighted by Gasteiger charge is 2.29. The highest BCUT2D eigenvalue weighted by atomic mass is 16.5. The molecule has 0 aromatic carbocycles. The minimum absolute atomic E-state index is 0.258. The summed E-state index contributed by atoms with van der Waals surface area (Å²) in [5.74, 6) is 0.290. The maximum atomic E-state index is 8.63. The van der Waals surface area contributed by atoms with E-state index in [-0.39, 0.29) is 11.3 Å². The SMILES string of the molecule is COC1CC(NCCC(C)(C)C(N)=NO)C1. The van der Waals surface area contributed by atoms with Crippen molar-refractivity contribution in [3.05, 3.63) is 0 Å². The lowest BCUT2D eigenvalue weighted by molar-refractivity contribution is 0.0171. The second kappa shape index (κ2) is 5.50. The van der Waals surface area contributed by atoms with Gasteiger partial charge in [0.05, 0.1) is 6.10 Å². The Hall–Kier alpha value is -0.810. The van der Waals surface area contributed by atoms with E-state index < -0.39 is 0 Å². The fourth-order valence-corrected chi connectivity index (χ4v) is 1.78. The van der Waals surface area contributed by atoms with Gasteiger partial charge >= 0.3 is 0 Å². The zero-order valence-electron chi connectivity index (χ0n) is 10.4. The van der Waals surface area contributed by atoms with Gasteiger partial charge in [0.25, 0.3) is 0 Å². The molecule has 0 aromatic heterocycles. The highest BCUT2D eigenvalue weighted by Crippen LogP contribution is 2.24. The van der Waals surface area contributed by atoms with Gasteiger partial charge < -0.3 is 21.0 Å². The summed E-state index contributed by atoms with van der Waals surface area (Å²) in [6, 6.07) is 0.563. The van der Waals surface area contributed by atoms with Crippen LogP contribution in [-0.2, 0) is 4.74 Å². The summed E-state index contributed by atoms with van der Waals surface area (Å²) in [5.41, 5.74) is 5.35. The molecule has 1 aliphatic carbocycles. The first-order valence-electron chi connectivity index (χ1n) is 5.74. The summed E-state index contributed by atoms with van der Waals surface area (Å²) in [6.07, 6.45) is 3.45. The maximum absolute atomic E-state index is 8.63. The Morgan fingerprint density at radius 2 is 2.19 bits per heavy atom. The van der Waals surface area contributed by atoms with E-state index in [0.717, 1.165) is 25.8 Å². The number of amidine groups is 1. The predicted octanol–water partition coefficient (Wildman–Crippen LogP) is 0.916. The quantitative estimate of drug-likeness (QED) is 0.274. The van der Waals surface area contributed by atoms with Crippen molar-refractivity contribution in [3.8, 4) is 0 Å². The van der Waals surface area contributed by atoms with Gasteiger partial charge in [0.1, 0.15) is 5.84 Å². The number of hydrogen-bond donors (Lipinski definition) is 3. The third-order valence-electron chi connectivity index (χ3n) is 3.41. The van der Waals surface area contributed by atoms with Crippen LogP contribution >= 0.6 is 0 Å². The molecule has 0 aromatic rings. The number of rotatable bonds is 6. The van der Waals surface area contributed by atoms with E-state index in [0.29, 0.717) is 12.1 Å². The molecule has 1 aliphatic rings. The van der Waals surface area contributed by atoms with Crippen molar-refractivity contribution in [3.63, 3.8) is 0 Å². The molecule has 0 bridgehead atoms. The van der Waals surface area contributed by atoms with Gasteiger partial charge in [0.2, 0.25) is 0 Å². The van der Waals surface area contributed by atoms with Gasteiger partial charge in [-0.3, -0.25) is 0 Å². The lowest BCUT2D eigenvalue weighted by Gasteiger charge is -2.35. The van der Waals surface area contributed by atoms with E-state index in [9.17, 15) is 0 Å². The van der Waals surface area contributed by atoms with Gasteiger partial charge in [-0.15, -0.1) is 0 Å². The van der Waals surface area contributed by atoms with Gasteiger partial charge in [0.15, 0.2) is 0 Å². The summed E-state index contributed by atoms with van der Waals surface area (Å²) in [5, 5.41) is 15.1. The van der Waals surface area contributed by atoms with Crippen molar-refractivity contribution in [2.75, 3.05) is 13.7 Å². The summed E-state index contributed by atoms with van der Waals surface area (Å²) in [6.45, 7) is 4.83. The number of ether oxygens (including phenoxy) is 1. The van der Waals surface area contributed by atoms with Crippen molar-refractivity contribution in [2.45, 2.75) is 45.3 Å². The first-order chi connectivity index (χ1) is 7.49. The van der Waals surface area contributed by atoms with Gasteiger partial charge in [-0.05, 0) is 25.8 Å². The molecule has 0 unspecified atom stereocenters. The van der Waals surface area contributed by atoms with E-state index in [1.165, 1.54) is 0 Å². The Morgan fingerprint density at radius 3 is 2.69 bits per heavy atom. The Labute approximate surface area is 97.0 Å². The fourth-order valence-electron chi connectivity index (χ4n) is 1.78. The Morgan fingerprint density at radius 1 is 1.56 bits per heavy atom. The average molecular weight is 229 g/mol. The largest absolute Gasteiger partial charge is 0.409 e. The standard InChI is InChI=1S/C11H23N3O2/c1-11(2,10(12)14-15)4-5-13-8-6-9(7-8)16-3/h8-9,13,15H,4-7H2,1-3H3,(H2,12,14). The Kier molecular flexibility index (Phi) is 4.56. The number of hydrogen-bond acceptors (Lipinski definition) is 4. The number of nitrogens with zero attached hydrogens (tertiary/aromatic N) is 1. The first kappa shape index (κ1) is 13.3. The maximum Gasteiger partial charge on any atom is 0.144 e. The van der Waals surface area contributed by atoms with Crippen molar-refractivity contribution < 1.29 is 9.94 Å². The number of methoxy groups -OCH3 is 1. The van der Waals surface area contributed by atoms with E-state index in [2.05, 4.69) is 10.5 Å². The van der Waals surface area contributed by atoms with Crippen LogP contribution in [-0.4, -0.2) is 36.8 Å². The molecule has 0 radical (unpaired) electrons. The third-order valence-corrected chi connectivity index (χ3v) is 3.41. The fraction of sp³-hybridized carbons (Fsp3) is 0.909. The van der Waals surface area contributed by atoms with Gasteiger partial charge in [-0.25, -0.2) is 0 Å². The second-order valence-corrected chi connectivity index (χ2v) is 5.10. The van der Waals surface area contributed by atoms with Crippen molar-refractivity contribution in [2.24, 2.45) is 16.3 Å². The molecule has 0 spiro atoms. The van der Waals surface area contributed by atoms with Crippen LogP contribution in [0.4, 0.5) is 0 Å². The molecule has 5 heteroatoms. The van der Waals surface area contributed by atoms with Crippen LogP contribution in [0, 0.1) is 5.41 Å². The van der Waals surface area contributed by atoms with Crippen LogP contribution in [0.5, 0.6) is 0 Å². The topological polar surface area (TPSA) is 79.9 Å². The molecular weight excluding hydrogens is 206 g/mol. The Bertz CT molecular complexity index is 248. The summed E-state index contributed by atoms with van der Waals surface area (Å²) in [4.78, 5) is 0. The van der Waals surface area contributed by atoms with E-state index in [4.69, 9.17) is 15.7 Å². The predicted molar refractivity (Wildman–Crippen MR) is 63.6 cm³/mol. The molecule has 0 aliphatic heterocycles. The highest BCUT2D eigenvalue weighted by molar-refractivity contribution is 5.85. The second-order valence-electron chi connectivity index (χ2n) is 5.10. The van der Waals surface area contributed by atoms with E-state index in [1.54, 1.807) is 7.11 Å². The summed E-state index contributed by atoms with van der Waals surface area (Å²) >= 11 is 0. The number of nitrogens with one attached hydrogen (secondary N) is 1. The number of oxime groups is 1. The van der Waals surface area contributed by atoms with Gasteiger partial charge in [-0.2, -0.15) is 0 Å². The zero-order valence-corrected chi connectivity index (χ0v) is 10.4. The van der Waals surface area contributed by atoms with Crippen molar-refractivity contribution in [1.29, 1.82) is 0 Å². The molecular formula is C11H23N3O2. The van der Waals surface area contributed by atoms with Crippen LogP contribution in [0.3, 0.4) is 0 Å². The van der Waals surface area contributed by atoms with Crippen molar-refractivity contribution in [1.82, 2.24) is 5.32 Å². The molecule has 94 valence electrons. The smallest absolute Gasteiger partial charge is 0.144 e. The van der Waals surface area contributed by atoms with Crippen LogP contribution in [0.1, 0.15) is 33.1 Å². The molecule has 1 fully saturated rings. The average Bonchev–Trinajstić information content (AvgIpc) is 2.20. The van der Waals surface area contributed by atoms with Crippen LogP contribution < -0.4 is 11.1 Å². The third kappa shape index (κ3) is 3.35. The lowest BCUT2D eigenvalue weighted by atomic mass is 9.86. The van der Waals surface area contributed by atoms with E-state index in [1.807, 2.05) is 13.8 Å². The zero-order chi connectivity index (χ0) is 12.2. The molecule has 16 heavy (non-hydrogen) atoms. The van der Waals surface area contributed by atoms with Gasteiger partial charge in [0, 0.05) is 18.6 Å². The first-order valence-corrected chi connectivity index (χ1v) is 5.74.